The van der Waals surface area contributed by atoms with Crippen LogP contribution in [0.2, 0.25) is 0 Å². The van der Waals surface area contributed by atoms with Gasteiger partial charge >= 0.3 is 0 Å². The van der Waals surface area contributed by atoms with E-state index in [9.17, 15) is 9.59 Å². The summed E-state index contributed by atoms with van der Waals surface area (Å²) in [6, 6.07) is 11.7. The zero-order valence-corrected chi connectivity index (χ0v) is 19.9. The minimum Gasteiger partial charge on any atom is -0.496 e. The predicted molar refractivity (Wildman–Crippen MR) is 133 cm³/mol. The number of amides is 1. The molecule has 1 aliphatic carbocycles. The zero-order chi connectivity index (χ0) is 22.5. The molecule has 0 atom stereocenters. The fourth-order valence-corrected chi connectivity index (χ4v) is 5.45. The first-order chi connectivity index (χ1) is 16.1. The number of hydrogen-bond donors (Lipinski definition) is 1. The van der Waals surface area contributed by atoms with Crippen LogP contribution in [0.25, 0.3) is 16.6 Å². The average molecular weight is 479 g/mol. The molecule has 0 bridgehead atoms. The highest BCUT2D eigenvalue weighted by Gasteiger charge is 2.28. The Morgan fingerprint density at radius 2 is 1.76 bits per heavy atom. The van der Waals surface area contributed by atoms with Crippen molar-refractivity contribution in [1.29, 1.82) is 0 Å². The lowest BCUT2D eigenvalue weighted by Gasteiger charge is -2.21. The van der Waals surface area contributed by atoms with Gasteiger partial charge in [0.15, 0.2) is 0 Å². The Hall–Kier alpha value is -3.32. The quantitative estimate of drug-likeness (QED) is 0.458. The smallest absolute Gasteiger partial charge is 0.274 e. The molecule has 2 aromatic carbocycles. The van der Waals surface area contributed by atoms with E-state index in [0.717, 1.165) is 35.3 Å². The van der Waals surface area contributed by atoms with Gasteiger partial charge in [-0.3, -0.25) is 14.0 Å². The standard InChI is InChI=1S/C26H26N4O3.ClH/c1-33-23-12-21-20(11-19(23)26(32)29-14-17-9-5-6-10-18(17)15-29)28-25(31)22-13-27-24(30(21)22)16-7-3-2-4-8-16;/h5-6,9-13,16H,2-4,7-8,14-15H2,1H3,(H,28,31);1H. The fraction of sp³-hybridized carbons (Fsp3) is 0.346. The number of rotatable bonds is 3. The molecule has 1 aliphatic heterocycles. The number of halogens is 1. The summed E-state index contributed by atoms with van der Waals surface area (Å²) in [4.78, 5) is 35.8. The van der Waals surface area contributed by atoms with Gasteiger partial charge in [0, 0.05) is 25.1 Å². The summed E-state index contributed by atoms with van der Waals surface area (Å²) >= 11 is 0. The number of fused-ring (bicyclic) bond motifs is 4. The molecule has 1 N–H and O–H groups in total. The van der Waals surface area contributed by atoms with Crippen molar-refractivity contribution in [3.63, 3.8) is 0 Å². The van der Waals surface area contributed by atoms with Gasteiger partial charge in [-0.25, -0.2) is 4.98 Å². The second-order valence-corrected chi connectivity index (χ2v) is 9.13. The van der Waals surface area contributed by atoms with Crippen LogP contribution in [-0.4, -0.2) is 32.3 Å². The molecule has 6 rings (SSSR count). The minimum atomic E-state index is -0.200. The van der Waals surface area contributed by atoms with E-state index >= 15 is 0 Å². The molecular formula is C26H27ClN4O3. The van der Waals surface area contributed by atoms with E-state index in [1.807, 2.05) is 27.5 Å². The number of carbonyl (C=O) groups is 1. The summed E-state index contributed by atoms with van der Waals surface area (Å²) in [5.41, 5.74) is 4.53. The molecule has 0 unspecified atom stereocenters. The van der Waals surface area contributed by atoms with Crippen LogP contribution in [0, 0.1) is 0 Å². The summed E-state index contributed by atoms with van der Waals surface area (Å²) in [5.74, 6) is 1.66. The number of ether oxygens (including phenoxy) is 1. The first-order valence-corrected chi connectivity index (χ1v) is 11.6. The number of methoxy groups -OCH3 is 1. The second-order valence-electron chi connectivity index (χ2n) is 9.13. The van der Waals surface area contributed by atoms with E-state index in [1.165, 1.54) is 19.3 Å². The molecule has 3 heterocycles. The van der Waals surface area contributed by atoms with Crippen LogP contribution in [0.3, 0.4) is 0 Å². The van der Waals surface area contributed by atoms with Gasteiger partial charge in [0.1, 0.15) is 17.1 Å². The van der Waals surface area contributed by atoms with E-state index in [0.29, 0.717) is 41.4 Å². The maximum absolute atomic E-state index is 13.5. The van der Waals surface area contributed by atoms with Crippen molar-refractivity contribution in [3.8, 4) is 5.75 Å². The molecule has 0 saturated heterocycles. The van der Waals surface area contributed by atoms with Gasteiger partial charge in [0.2, 0.25) is 0 Å². The number of aromatic amines is 1. The number of carbonyl (C=O) groups excluding carboxylic acids is 1. The third-order valence-corrected chi connectivity index (χ3v) is 7.16. The van der Waals surface area contributed by atoms with Crippen LogP contribution in [0.15, 0.2) is 47.4 Å². The largest absolute Gasteiger partial charge is 0.496 e. The van der Waals surface area contributed by atoms with Gasteiger partial charge in [-0.05, 0) is 30.0 Å². The summed E-state index contributed by atoms with van der Waals surface area (Å²) in [6.07, 6.45) is 7.44. The highest BCUT2D eigenvalue weighted by molar-refractivity contribution is 6.01. The number of imidazole rings is 1. The van der Waals surface area contributed by atoms with Gasteiger partial charge in [-0.15, -0.1) is 12.4 Å². The van der Waals surface area contributed by atoms with Crippen LogP contribution in [0.1, 0.15) is 65.3 Å². The lowest BCUT2D eigenvalue weighted by atomic mass is 9.88. The first kappa shape index (κ1) is 22.5. The molecule has 1 saturated carbocycles. The van der Waals surface area contributed by atoms with Crippen molar-refractivity contribution in [3.05, 3.63) is 75.5 Å². The molecule has 1 fully saturated rings. The third-order valence-electron chi connectivity index (χ3n) is 7.16. The summed E-state index contributed by atoms with van der Waals surface area (Å²) in [7, 11) is 1.58. The number of nitrogens with zero attached hydrogens (tertiary/aromatic N) is 3. The molecule has 8 heteroatoms. The van der Waals surface area contributed by atoms with Crippen molar-refractivity contribution >= 4 is 34.9 Å². The molecule has 1 amide bonds. The average Bonchev–Trinajstić information content (AvgIpc) is 3.49. The maximum atomic E-state index is 13.5. The van der Waals surface area contributed by atoms with Crippen LogP contribution in [0.4, 0.5) is 0 Å². The Kier molecular flexibility index (Phi) is 5.81. The zero-order valence-electron chi connectivity index (χ0n) is 19.0. The van der Waals surface area contributed by atoms with Crippen molar-refractivity contribution in [2.24, 2.45) is 0 Å². The molecule has 4 aromatic rings. The summed E-state index contributed by atoms with van der Waals surface area (Å²) in [5, 5.41) is 0. The van der Waals surface area contributed by atoms with Crippen molar-refractivity contribution in [1.82, 2.24) is 19.3 Å². The van der Waals surface area contributed by atoms with E-state index in [1.54, 1.807) is 19.4 Å². The van der Waals surface area contributed by atoms with Crippen molar-refractivity contribution in [2.45, 2.75) is 51.1 Å². The number of aromatic nitrogens is 3. The lowest BCUT2D eigenvalue weighted by molar-refractivity contribution is 0.0748. The van der Waals surface area contributed by atoms with E-state index in [4.69, 9.17) is 4.74 Å². The number of hydrogen-bond acceptors (Lipinski definition) is 4. The highest BCUT2D eigenvalue weighted by atomic mass is 35.5. The normalized spacial score (nSPS) is 16.0. The molecule has 0 radical (unpaired) electrons. The Morgan fingerprint density at radius 3 is 2.44 bits per heavy atom. The molecule has 0 spiro atoms. The van der Waals surface area contributed by atoms with Crippen molar-refractivity contribution < 1.29 is 9.53 Å². The first-order valence-electron chi connectivity index (χ1n) is 11.6. The molecular weight excluding hydrogens is 452 g/mol. The number of H-pyrrole nitrogens is 1. The van der Waals surface area contributed by atoms with Gasteiger partial charge in [0.25, 0.3) is 11.5 Å². The van der Waals surface area contributed by atoms with E-state index in [2.05, 4.69) is 22.1 Å². The fourth-order valence-electron chi connectivity index (χ4n) is 5.45. The Labute approximate surface area is 203 Å². The highest BCUT2D eigenvalue weighted by Crippen LogP contribution is 2.34. The molecule has 34 heavy (non-hydrogen) atoms. The maximum Gasteiger partial charge on any atom is 0.274 e. The number of benzene rings is 2. The van der Waals surface area contributed by atoms with Gasteiger partial charge < -0.3 is 14.6 Å². The second kappa shape index (κ2) is 8.80. The molecule has 176 valence electrons. The van der Waals surface area contributed by atoms with Crippen LogP contribution < -0.4 is 10.3 Å². The van der Waals surface area contributed by atoms with Gasteiger partial charge in [-0.2, -0.15) is 0 Å². The van der Waals surface area contributed by atoms with E-state index < -0.39 is 0 Å². The van der Waals surface area contributed by atoms with E-state index in [-0.39, 0.29) is 23.9 Å². The van der Waals surface area contributed by atoms with Gasteiger partial charge in [0.05, 0.1) is 29.9 Å². The SMILES string of the molecule is COc1cc2c(cc1C(=O)N1Cc3ccccc3C1)[nH]c(=O)c1cnc(C3CCCCC3)n12.Cl. The Morgan fingerprint density at radius 1 is 1.06 bits per heavy atom. The summed E-state index contributed by atoms with van der Waals surface area (Å²) < 4.78 is 7.64. The van der Waals surface area contributed by atoms with Crippen LogP contribution in [0.5, 0.6) is 5.75 Å². The Balaban J connectivity index is 0.00000241. The monoisotopic (exact) mass is 478 g/mol. The predicted octanol–water partition coefficient (Wildman–Crippen LogP) is 4.81. The lowest BCUT2D eigenvalue weighted by Crippen LogP contribution is -2.26. The van der Waals surface area contributed by atoms with Crippen LogP contribution >= 0.6 is 12.4 Å². The molecule has 2 aliphatic rings. The third kappa shape index (κ3) is 3.55. The van der Waals surface area contributed by atoms with Crippen molar-refractivity contribution in [2.75, 3.05) is 7.11 Å². The molecule has 2 aromatic heterocycles. The minimum absolute atomic E-state index is 0. The van der Waals surface area contributed by atoms with Crippen LogP contribution in [-0.2, 0) is 13.1 Å². The van der Waals surface area contributed by atoms with Gasteiger partial charge in [-0.1, -0.05) is 43.5 Å². The topological polar surface area (TPSA) is 79.7 Å². The molecule has 7 nitrogen and oxygen atoms in total. The summed E-state index contributed by atoms with van der Waals surface area (Å²) in [6.45, 7) is 1.14. The Bertz CT molecular complexity index is 1430. The number of nitrogens with one attached hydrogen (secondary N) is 1.